The van der Waals surface area contributed by atoms with E-state index in [0.29, 0.717) is 16.5 Å². The van der Waals surface area contributed by atoms with Gasteiger partial charge in [0.25, 0.3) is 5.91 Å². The average molecular weight is 459 g/mol. The lowest BCUT2D eigenvalue weighted by atomic mass is 10.2. The number of anilines is 1. The Morgan fingerprint density at radius 3 is 2.61 bits per heavy atom. The van der Waals surface area contributed by atoms with Gasteiger partial charge in [0.1, 0.15) is 5.69 Å². The molecule has 0 atom stereocenters. The molecule has 2 amide bonds. The van der Waals surface area contributed by atoms with Crippen molar-refractivity contribution in [1.29, 1.82) is 0 Å². The molecule has 3 rings (SSSR count). The number of thioether (sulfide) groups is 1. The summed E-state index contributed by atoms with van der Waals surface area (Å²) in [6, 6.07) is 15.1. The van der Waals surface area contributed by atoms with E-state index in [9.17, 15) is 9.59 Å². The number of hydrogen-bond acceptors (Lipinski definition) is 4. The van der Waals surface area contributed by atoms with Crippen molar-refractivity contribution in [2.45, 2.75) is 12.1 Å². The molecule has 0 saturated carbocycles. The molecule has 0 aliphatic heterocycles. The smallest absolute Gasteiger partial charge is 0.270 e. The lowest BCUT2D eigenvalue weighted by Gasteiger charge is -2.12. The summed E-state index contributed by atoms with van der Waals surface area (Å²) in [6.07, 6.45) is 3.42. The molecule has 0 spiro atoms. The highest BCUT2D eigenvalue weighted by atomic mass is 79.9. The molecule has 1 heterocycles. The molecule has 0 saturated heterocycles. The van der Waals surface area contributed by atoms with Gasteiger partial charge in [-0.15, -0.1) is 0 Å². The Balaban J connectivity index is 1.70. The van der Waals surface area contributed by atoms with Gasteiger partial charge in [-0.2, -0.15) is 0 Å². The van der Waals surface area contributed by atoms with Crippen molar-refractivity contribution in [3.8, 4) is 5.69 Å². The molecule has 0 unspecified atom stereocenters. The van der Waals surface area contributed by atoms with E-state index in [-0.39, 0.29) is 18.4 Å². The standard InChI is InChI=1S/C20H19BrN4O2S/c1-13-10-14(21)8-9-16(13)24-18(26)12-22-19(27)17-11-23-20(28-2)25(17)15-6-4-3-5-7-15/h3-11H,12H2,1-2H3,(H,22,27)(H,24,26). The average Bonchev–Trinajstić information content (AvgIpc) is 3.13. The fourth-order valence-electron chi connectivity index (χ4n) is 2.68. The number of amides is 2. The Kier molecular flexibility index (Phi) is 6.53. The maximum absolute atomic E-state index is 12.7. The minimum atomic E-state index is -0.362. The first-order chi connectivity index (χ1) is 13.5. The summed E-state index contributed by atoms with van der Waals surface area (Å²) in [5.41, 5.74) is 2.86. The minimum absolute atomic E-state index is 0.136. The molecule has 8 heteroatoms. The molecule has 144 valence electrons. The molecule has 0 aliphatic carbocycles. The molecular weight excluding hydrogens is 440 g/mol. The fraction of sp³-hybridized carbons (Fsp3) is 0.150. The van der Waals surface area contributed by atoms with Crippen LogP contribution in [0.4, 0.5) is 5.69 Å². The Morgan fingerprint density at radius 1 is 1.18 bits per heavy atom. The molecule has 2 N–H and O–H groups in total. The van der Waals surface area contributed by atoms with E-state index in [4.69, 9.17) is 0 Å². The molecular formula is C20H19BrN4O2S. The van der Waals surface area contributed by atoms with Crippen LogP contribution in [0.2, 0.25) is 0 Å². The first-order valence-electron chi connectivity index (χ1n) is 8.51. The third-order valence-corrected chi connectivity index (χ3v) is 5.18. The zero-order valence-electron chi connectivity index (χ0n) is 15.4. The predicted molar refractivity (Wildman–Crippen MR) is 115 cm³/mol. The van der Waals surface area contributed by atoms with Crippen LogP contribution >= 0.6 is 27.7 Å². The van der Waals surface area contributed by atoms with Crippen molar-refractivity contribution >= 4 is 45.2 Å². The van der Waals surface area contributed by atoms with E-state index in [1.54, 1.807) is 4.57 Å². The van der Waals surface area contributed by atoms with Crippen molar-refractivity contribution < 1.29 is 9.59 Å². The van der Waals surface area contributed by atoms with Gasteiger partial charge in [-0.3, -0.25) is 14.2 Å². The molecule has 0 aliphatic rings. The van der Waals surface area contributed by atoms with Crippen LogP contribution in [0.3, 0.4) is 0 Å². The molecule has 28 heavy (non-hydrogen) atoms. The van der Waals surface area contributed by atoms with Gasteiger partial charge >= 0.3 is 0 Å². The highest BCUT2D eigenvalue weighted by Gasteiger charge is 2.18. The predicted octanol–water partition coefficient (Wildman–Crippen LogP) is 4.03. The normalized spacial score (nSPS) is 10.5. The highest BCUT2D eigenvalue weighted by molar-refractivity contribution is 9.10. The molecule has 0 fully saturated rings. The van der Waals surface area contributed by atoms with Crippen molar-refractivity contribution in [3.05, 3.63) is 70.5 Å². The summed E-state index contributed by atoms with van der Waals surface area (Å²) in [5, 5.41) is 6.17. The summed E-state index contributed by atoms with van der Waals surface area (Å²) in [6.45, 7) is 1.77. The number of benzene rings is 2. The molecule has 1 aromatic heterocycles. The van der Waals surface area contributed by atoms with E-state index < -0.39 is 0 Å². The second kappa shape index (κ2) is 9.07. The van der Waals surface area contributed by atoms with E-state index in [1.165, 1.54) is 18.0 Å². The van der Waals surface area contributed by atoms with E-state index >= 15 is 0 Å². The van der Waals surface area contributed by atoms with Crippen molar-refractivity contribution in [2.75, 3.05) is 18.1 Å². The van der Waals surface area contributed by atoms with Gasteiger partial charge in [0, 0.05) is 15.8 Å². The van der Waals surface area contributed by atoms with Gasteiger partial charge in [0.2, 0.25) is 5.91 Å². The van der Waals surface area contributed by atoms with Crippen molar-refractivity contribution in [1.82, 2.24) is 14.9 Å². The van der Waals surface area contributed by atoms with Crippen LogP contribution in [-0.4, -0.2) is 34.2 Å². The Labute approximate surface area is 175 Å². The first-order valence-corrected chi connectivity index (χ1v) is 10.5. The maximum Gasteiger partial charge on any atom is 0.270 e. The third-order valence-electron chi connectivity index (χ3n) is 4.03. The summed E-state index contributed by atoms with van der Waals surface area (Å²) in [4.78, 5) is 29.2. The van der Waals surface area contributed by atoms with Crippen LogP contribution in [0.15, 0.2) is 64.4 Å². The molecule has 2 aromatic carbocycles. The van der Waals surface area contributed by atoms with Gasteiger partial charge in [-0.1, -0.05) is 45.9 Å². The van der Waals surface area contributed by atoms with Gasteiger partial charge in [0.15, 0.2) is 5.16 Å². The zero-order chi connectivity index (χ0) is 20.1. The number of nitrogens with zero attached hydrogens (tertiary/aromatic N) is 2. The molecule has 0 bridgehead atoms. The summed E-state index contributed by atoms with van der Waals surface area (Å²) >= 11 is 4.84. The number of aryl methyl sites for hydroxylation is 1. The Hall–Kier alpha value is -2.58. The summed E-state index contributed by atoms with van der Waals surface area (Å²) < 4.78 is 2.71. The number of para-hydroxylation sites is 1. The minimum Gasteiger partial charge on any atom is -0.342 e. The highest BCUT2D eigenvalue weighted by Crippen LogP contribution is 2.22. The number of carbonyl (C=O) groups is 2. The number of carbonyl (C=O) groups excluding carboxylic acids is 2. The van der Waals surface area contributed by atoms with Crippen molar-refractivity contribution in [3.63, 3.8) is 0 Å². The van der Waals surface area contributed by atoms with Crippen LogP contribution in [0.1, 0.15) is 16.1 Å². The SMILES string of the molecule is CSc1ncc(C(=O)NCC(=O)Nc2ccc(Br)cc2C)n1-c1ccccc1. The van der Waals surface area contributed by atoms with Crippen molar-refractivity contribution in [2.24, 2.45) is 0 Å². The van der Waals surface area contributed by atoms with Gasteiger partial charge < -0.3 is 10.6 Å². The van der Waals surface area contributed by atoms with E-state index in [2.05, 4.69) is 31.5 Å². The second-order valence-electron chi connectivity index (χ2n) is 5.99. The van der Waals surface area contributed by atoms with Crippen LogP contribution in [0, 0.1) is 6.92 Å². The van der Waals surface area contributed by atoms with Crippen LogP contribution in [0.5, 0.6) is 0 Å². The van der Waals surface area contributed by atoms with Crippen LogP contribution in [0.25, 0.3) is 5.69 Å². The van der Waals surface area contributed by atoms with E-state index in [1.807, 2.05) is 61.7 Å². The Morgan fingerprint density at radius 2 is 1.93 bits per heavy atom. The number of halogens is 1. The van der Waals surface area contributed by atoms with Gasteiger partial charge in [-0.25, -0.2) is 4.98 Å². The molecule has 6 nitrogen and oxygen atoms in total. The lowest BCUT2D eigenvalue weighted by Crippen LogP contribution is -2.34. The third kappa shape index (κ3) is 4.63. The van der Waals surface area contributed by atoms with Gasteiger partial charge in [0.05, 0.1) is 12.7 Å². The van der Waals surface area contributed by atoms with Crippen LogP contribution < -0.4 is 10.6 Å². The number of nitrogens with one attached hydrogen (secondary N) is 2. The number of aromatic nitrogens is 2. The quantitative estimate of drug-likeness (QED) is 0.546. The van der Waals surface area contributed by atoms with Crippen LogP contribution in [-0.2, 0) is 4.79 Å². The monoisotopic (exact) mass is 458 g/mol. The topological polar surface area (TPSA) is 76.0 Å². The lowest BCUT2D eigenvalue weighted by molar-refractivity contribution is -0.115. The number of imidazole rings is 1. The van der Waals surface area contributed by atoms with Gasteiger partial charge in [-0.05, 0) is 49.1 Å². The number of rotatable bonds is 6. The fourth-order valence-corrected chi connectivity index (χ4v) is 3.70. The second-order valence-corrected chi connectivity index (χ2v) is 7.68. The molecule has 3 aromatic rings. The largest absolute Gasteiger partial charge is 0.342 e. The summed E-state index contributed by atoms with van der Waals surface area (Å²) in [7, 11) is 0. The number of hydrogen-bond donors (Lipinski definition) is 2. The first kappa shape index (κ1) is 20.2. The Bertz CT molecular complexity index is 1000. The van der Waals surface area contributed by atoms with E-state index in [0.717, 1.165) is 15.7 Å². The molecule has 0 radical (unpaired) electrons. The maximum atomic E-state index is 12.7. The summed E-state index contributed by atoms with van der Waals surface area (Å²) in [5.74, 6) is -0.658. The zero-order valence-corrected chi connectivity index (χ0v) is 17.8.